The van der Waals surface area contributed by atoms with Crippen molar-refractivity contribution in [2.24, 2.45) is 5.92 Å². The number of alkyl carbamates (subject to hydrolysis) is 1. The average molecular weight is 297 g/mol. The minimum absolute atomic E-state index is 0.0826. The molecule has 21 heavy (non-hydrogen) atoms. The maximum absolute atomic E-state index is 13.1. The molecule has 116 valence electrons. The second kappa shape index (κ2) is 7.06. The molecule has 0 aliphatic carbocycles. The minimum atomic E-state index is -1.06. The summed E-state index contributed by atoms with van der Waals surface area (Å²) in [6, 6.07) is 5.74. The van der Waals surface area contributed by atoms with Crippen molar-refractivity contribution >= 4 is 12.1 Å². The van der Waals surface area contributed by atoms with E-state index >= 15 is 0 Å². The Balaban J connectivity index is 2.59. The number of hydrogen-bond donors (Lipinski definition) is 2. The molecule has 1 aromatic rings. The van der Waals surface area contributed by atoms with E-state index in [0.29, 0.717) is 5.56 Å². The fourth-order valence-electron chi connectivity index (χ4n) is 1.72. The molecular formula is C15H20FNO4. The number of aliphatic carboxylic acids is 1. The predicted molar refractivity (Wildman–Crippen MR) is 75.5 cm³/mol. The summed E-state index contributed by atoms with van der Waals surface area (Å²) in [7, 11) is 0. The van der Waals surface area contributed by atoms with Crippen LogP contribution in [0.2, 0.25) is 0 Å². The number of ether oxygens (including phenoxy) is 1. The van der Waals surface area contributed by atoms with Crippen LogP contribution < -0.4 is 5.32 Å². The Bertz CT molecular complexity index is 511. The first-order valence-corrected chi connectivity index (χ1v) is 6.61. The van der Waals surface area contributed by atoms with E-state index in [1.54, 1.807) is 26.8 Å². The third kappa shape index (κ3) is 6.74. The first-order valence-electron chi connectivity index (χ1n) is 6.61. The molecule has 0 heterocycles. The fraction of sp³-hybridized carbons (Fsp3) is 0.467. The molecule has 0 spiro atoms. The van der Waals surface area contributed by atoms with Crippen molar-refractivity contribution < 1.29 is 23.8 Å². The Morgan fingerprint density at radius 1 is 1.38 bits per heavy atom. The lowest BCUT2D eigenvalue weighted by Gasteiger charge is -2.20. The van der Waals surface area contributed by atoms with E-state index < -0.39 is 29.4 Å². The number of halogens is 1. The molecule has 0 bridgehead atoms. The van der Waals surface area contributed by atoms with Crippen LogP contribution in [0.15, 0.2) is 24.3 Å². The summed E-state index contributed by atoms with van der Waals surface area (Å²) >= 11 is 0. The molecule has 0 aliphatic rings. The van der Waals surface area contributed by atoms with Crippen LogP contribution in [0.25, 0.3) is 0 Å². The van der Waals surface area contributed by atoms with Crippen molar-refractivity contribution in [1.29, 1.82) is 0 Å². The molecule has 1 rings (SSSR count). The van der Waals surface area contributed by atoms with Crippen LogP contribution >= 0.6 is 0 Å². The van der Waals surface area contributed by atoms with Gasteiger partial charge in [-0.15, -0.1) is 0 Å². The Hall–Kier alpha value is -2.11. The third-order valence-electron chi connectivity index (χ3n) is 2.61. The monoisotopic (exact) mass is 297 g/mol. The lowest BCUT2D eigenvalue weighted by molar-refractivity contribution is -0.141. The largest absolute Gasteiger partial charge is 0.481 e. The van der Waals surface area contributed by atoms with E-state index in [1.807, 2.05) is 0 Å². The lowest BCUT2D eigenvalue weighted by Crippen LogP contribution is -2.37. The summed E-state index contributed by atoms with van der Waals surface area (Å²) in [5.74, 6) is -2.33. The number of carboxylic acid groups (broad SMARTS) is 1. The third-order valence-corrected chi connectivity index (χ3v) is 2.61. The van der Waals surface area contributed by atoms with Crippen LogP contribution in [0.4, 0.5) is 9.18 Å². The van der Waals surface area contributed by atoms with E-state index in [1.165, 1.54) is 18.2 Å². The Kier molecular flexibility index (Phi) is 5.69. The van der Waals surface area contributed by atoms with Gasteiger partial charge < -0.3 is 15.2 Å². The number of benzene rings is 1. The Morgan fingerprint density at radius 2 is 2.05 bits per heavy atom. The number of carbonyl (C=O) groups is 2. The predicted octanol–water partition coefficient (Wildman–Crippen LogP) is 2.59. The summed E-state index contributed by atoms with van der Waals surface area (Å²) in [6.07, 6.45) is -0.545. The standard InChI is InChI=1S/C15H20FNO4/c1-15(2,3)21-14(20)17-9-11(13(18)19)7-10-5-4-6-12(16)8-10/h4-6,8,11H,7,9H2,1-3H3,(H,17,20)(H,18,19)/t11-/m1/s1. The van der Waals surface area contributed by atoms with E-state index in [-0.39, 0.29) is 13.0 Å². The van der Waals surface area contributed by atoms with E-state index in [9.17, 15) is 14.0 Å². The van der Waals surface area contributed by atoms with Gasteiger partial charge in [-0.1, -0.05) is 12.1 Å². The summed E-state index contributed by atoms with van der Waals surface area (Å²) < 4.78 is 18.1. The van der Waals surface area contributed by atoms with Crippen LogP contribution in [0.3, 0.4) is 0 Å². The highest BCUT2D eigenvalue weighted by Crippen LogP contribution is 2.11. The van der Waals surface area contributed by atoms with E-state index in [0.717, 1.165) is 0 Å². The second-order valence-electron chi connectivity index (χ2n) is 5.75. The maximum atomic E-state index is 13.1. The molecule has 0 saturated heterocycles. The molecular weight excluding hydrogens is 277 g/mol. The smallest absolute Gasteiger partial charge is 0.407 e. The number of nitrogens with one attached hydrogen (secondary N) is 1. The van der Waals surface area contributed by atoms with Gasteiger partial charge in [-0.05, 0) is 44.9 Å². The van der Waals surface area contributed by atoms with Crippen LogP contribution in [0.5, 0.6) is 0 Å². The van der Waals surface area contributed by atoms with E-state index in [2.05, 4.69) is 5.32 Å². The molecule has 0 unspecified atom stereocenters. The topological polar surface area (TPSA) is 75.6 Å². The molecule has 1 aromatic carbocycles. The molecule has 6 heteroatoms. The van der Waals surface area contributed by atoms with Crippen molar-refractivity contribution in [3.63, 3.8) is 0 Å². The number of hydrogen-bond acceptors (Lipinski definition) is 3. The van der Waals surface area contributed by atoms with Gasteiger partial charge in [0.15, 0.2) is 0 Å². The number of carbonyl (C=O) groups excluding carboxylic acids is 1. The molecule has 0 aliphatic heterocycles. The highest BCUT2D eigenvalue weighted by molar-refractivity contribution is 5.73. The molecule has 5 nitrogen and oxygen atoms in total. The molecule has 0 aromatic heterocycles. The summed E-state index contributed by atoms with van der Waals surface area (Å²) in [4.78, 5) is 22.7. The van der Waals surface area contributed by atoms with E-state index in [4.69, 9.17) is 9.84 Å². The zero-order valence-corrected chi connectivity index (χ0v) is 12.4. The quantitative estimate of drug-likeness (QED) is 0.876. The van der Waals surface area contributed by atoms with Crippen molar-refractivity contribution in [2.45, 2.75) is 32.8 Å². The van der Waals surface area contributed by atoms with Crippen molar-refractivity contribution in [3.05, 3.63) is 35.6 Å². The van der Waals surface area contributed by atoms with Gasteiger partial charge in [0, 0.05) is 6.54 Å². The molecule has 0 radical (unpaired) electrons. The van der Waals surface area contributed by atoms with Gasteiger partial charge in [0.2, 0.25) is 0 Å². The van der Waals surface area contributed by atoms with Gasteiger partial charge in [0.1, 0.15) is 11.4 Å². The first-order chi connectivity index (χ1) is 9.67. The van der Waals surface area contributed by atoms with Crippen molar-refractivity contribution in [3.8, 4) is 0 Å². The van der Waals surface area contributed by atoms with Crippen LogP contribution in [-0.4, -0.2) is 29.3 Å². The summed E-state index contributed by atoms with van der Waals surface area (Å²) in [6.45, 7) is 5.07. The lowest BCUT2D eigenvalue weighted by atomic mass is 9.99. The molecule has 0 saturated carbocycles. The highest BCUT2D eigenvalue weighted by Gasteiger charge is 2.21. The Morgan fingerprint density at radius 3 is 2.57 bits per heavy atom. The molecule has 1 amide bonds. The van der Waals surface area contributed by atoms with Gasteiger partial charge in [0.25, 0.3) is 0 Å². The van der Waals surface area contributed by atoms with Gasteiger partial charge in [-0.2, -0.15) is 0 Å². The molecule has 0 fully saturated rings. The van der Waals surface area contributed by atoms with Crippen molar-refractivity contribution in [2.75, 3.05) is 6.54 Å². The average Bonchev–Trinajstić information content (AvgIpc) is 2.32. The zero-order chi connectivity index (χ0) is 16.0. The number of carboxylic acids is 1. The first kappa shape index (κ1) is 16.9. The summed E-state index contributed by atoms with van der Waals surface area (Å²) in [5, 5.41) is 11.6. The maximum Gasteiger partial charge on any atom is 0.407 e. The molecule has 1 atom stereocenters. The highest BCUT2D eigenvalue weighted by atomic mass is 19.1. The van der Waals surface area contributed by atoms with Gasteiger partial charge >= 0.3 is 12.1 Å². The van der Waals surface area contributed by atoms with Gasteiger partial charge in [-0.3, -0.25) is 4.79 Å². The fourth-order valence-corrected chi connectivity index (χ4v) is 1.72. The molecule has 2 N–H and O–H groups in total. The van der Waals surface area contributed by atoms with Crippen LogP contribution in [0, 0.1) is 11.7 Å². The number of rotatable bonds is 5. The second-order valence-corrected chi connectivity index (χ2v) is 5.75. The van der Waals surface area contributed by atoms with Gasteiger partial charge in [-0.25, -0.2) is 9.18 Å². The normalized spacial score (nSPS) is 12.6. The van der Waals surface area contributed by atoms with Gasteiger partial charge in [0.05, 0.1) is 5.92 Å². The zero-order valence-electron chi connectivity index (χ0n) is 12.4. The van der Waals surface area contributed by atoms with Crippen molar-refractivity contribution in [1.82, 2.24) is 5.32 Å². The summed E-state index contributed by atoms with van der Waals surface area (Å²) in [5.41, 5.74) is -0.0841. The van der Waals surface area contributed by atoms with Crippen LogP contribution in [0.1, 0.15) is 26.3 Å². The number of amides is 1. The minimum Gasteiger partial charge on any atom is -0.481 e. The SMILES string of the molecule is CC(C)(C)OC(=O)NC[C@@H](Cc1cccc(F)c1)C(=O)O. The van der Waals surface area contributed by atoms with Crippen LogP contribution in [-0.2, 0) is 16.0 Å². The Labute approximate surface area is 123 Å².